The van der Waals surface area contributed by atoms with Crippen LogP contribution in [-0.2, 0) is 6.42 Å². The molecule has 3 heterocycles. The topological polar surface area (TPSA) is 93.4 Å². The van der Waals surface area contributed by atoms with Gasteiger partial charge in [0, 0.05) is 17.5 Å². The summed E-state index contributed by atoms with van der Waals surface area (Å²) in [7, 11) is 0. The second-order valence-corrected chi connectivity index (χ2v) is 10.0. The van der Waals surface area contributed by atoms with Crippen molar-refractivity contribution in [2.24, 2.45) is 5.92 Å². The third kappa shape index (κ3) is 5.60. The summed E-state index contributed by atoms with van der Waals surface area (Å²) < 4.78 is 51.5. The second kappa shape index (κ2) is 9.11. The smallest absolute Gasteiger partial charge is 0.282 e. The van der Waals surface area contributed by atoms with Crippen molar-refractivity contribution in [1.82, 2.24) is 20.5 Å². The van der Waals surface area contributed by atoms with Crippen LogP contribution in [-0.4, -0.2) is 52.2 Å². The molecule has 8 nitrogen and oxygen atoms in total. The molecule has 2 fully saturated rings. The summed E-state index contributed by atoms with van der Waals surface area (Å²) in [6.45, 7) is 3.23. The molecule has 2 aromatic heterocycles. The van der Waals surface area contributed by atoms with E-state index in [9.17, 15) is 18.0 Å². The van der Waals surface area contributed by atoms with Crippen LogP contribution in [0, 0.1) is 11.7 Å². The van der Waals surface area contributed by atoms with Crippen LogP contribution in [0.3, 0.4) is 0 Å². The molecule has 2 aliphatic rings. The molecule has 0 spiro atoms. The predicted molar refractivity (Wildman–Crippen MR) is 125 cm³/mol. The van der Waals surface area contributed by atoms with Gasteiger partial charge in [-0.1, -0.05) is 0 Å². The fourth-order valence-electron chi connectivity index (χ4n) is 3.90. The van der Waals surface area contributed by atoms with Crippen LogP contribution in [0.2, 0.25) is 0 Å². The van der Waals surface area contributed by atoms with E-state index in [1.165, 1.54) is 23.1 Å². The van der Waals surface area contributed by atoms with Gasteiger partial charge in [0.1, 0.15) is 17.2 Å². The van der Waals surface area contributed by atoms with E-state index in [1.807, 2.05) is 0 Å². The molecule has 1 aliphatic carbocycles. The molecular weight excluding hydrogens is 475 g/mol. The molecule has 1 N–H and O–H groups in total. The molecule has 1 aromatic carbocycles. The molecule has 0 atom stereocenters. The maximum atomic E-state index is 13.4. The maximum Gasteiger partial charge on any atom is 0.282 e. The number of carbonyl (C=O) groups excluding carboxylic acids is 1. The fraction of sp³-hybridized carbons (Fsp3) is 0.440. The summed E-state index contributed by atoms with van der Waals surface area (Å²) in [6, 6.07) is 8.79. The van der Waals surface area contributed by atoms with E-state index in [-0.39, 0.29) is 29.7 Å². The zero-order valence-corrected chi connectivity index (χ0v) is 19.9. The van der Waals surface area contributed by atoms with Crippen LogP contribution in [0.1, 0.15) is 43.1 Å². The average Bonchev–Trinajstić information content (AvgIpc) is 3.53. The lowest BCUT2D eigenvalue weighted by atomic mass is 10.0. The highest BCUT2D eigenvalue weighted by atomic mass is 19.3. The highest BCUT2D eigenvalue weighted by molar-refractivity contribution is 5.93. The van der Waals surface area contributed by atoms with Gasteiger partial charge in [-0.15, -0.1) is 10.2 Å². The van der Waals surface area contributed by atoms with Gasteiger partial charge in [0.15, 0.2) is 0 Å². The van der Waals surface area contributed by atoms with Crippen LogP contribution in [0.15, 0.2) is 40.8 Å². The number of pyridine rings is 1. The number of alkyl halides is 2. The zero-order chi connectivity index (χ0) is 25.5. The highest BCUT2D eigenvalue weighted by Gasteiger charge is 2.45. The lowest BCUT2D eigenvalue weighted by molar-refractivity contribution is -0.0265. The van der Waals surface area contributed by atoms with E-state index >= 15 is 0 Å². The second-order valence-electron chi connectivity index (χ2n) is 10.0. The molecule has 0 bridgehead atoms. The van der Waals surface area contributed by atoms with E-state index < -0.39 is 30.5 Å². The van der Waals surface area contributed by atoms with Gasteiger partial charge in [0.25, 0.3) is 11.8 Å². The van der Waals surface area contributed by atoms with Gasteiger partial charge in [0.05, 0.1) is 19.7 Å². The van der Waals surface area contributed by atoms with Crippen molar-refractivity contribution >= 4 is 11.6 Å². The molecule has 1 saturated carbocycles. The first-order valence-electron chi connectivity index (χ1n) is 11.7. The monoisotopic (exact) mass is 501 g/mol. The number of amides is 1. The van der Waals surface area contributed by atoms with Gasteiger partial charge in [0.2, 0.25) is 17.7 Å². The average molecular weight is 502 g/mol. The van der Waals surface area contributed by atoms with Crippen molar-refractivity contribution in [3.63, 3.8) is 0 Å². The van der Waals surface area contributed by atoms with Crippen LogP contribution >= 0.6 is 0 Å². The molecule has 11 heteroatoms. The van der Waals surface area contributed by atoms with Gasteiger partial charge in [-0.3, -0.25) is 4.79 Å². The number of hydrogen-bond donors (Lipinski definition) is 1. The minimum atomic E-state index is -2.74. The van der Waals surface area contributed by atoms with E-state index in [1.54, 1.807) is 32.0 Å². The minimum Gasteiger partial charge on any atom is -0.476 e. The van der Waals surface area contributed by atoms with Gasteiger partial charge in [-0.25, -0.2) is 18.2 Å². The summed E-state index contributed by atoms with van der Waals surface area (Å²) in [5.74, 6) is -2.39. The SMILES string of the molecule is CC(C)(Cc1nnc(-c2ccc(F)cc2)o1)NC(=O)c1ccc(N2CC(F)(F)C2)c(OCC2CC2)n1. The summed E-state index contributed by atoms with van der Waals surface area (Å²) in [5.41, 5.74) is 0.373. The first kappa shape index (κ1) is 24.1. The van der Waals surface area contributed by atoms with Crippen molar-refractivity contribution in [3.8, 4) is 17.3 Å². The standard InChI is InChI=1S/C25H26F3N5O3/c1-24(2,11-20-31-32-22(36-20)16-5-7-17(26)8-6-16)30-21(34)18-9-10-19(33-13-25(27,28)14-33)23(29-18)35-12-15-3-4-15/h5-10,15H,3-4,11-14H2,1-2H3,(H,30,34). The lowest BCUT2D eigenvalue weighted by Crippen LogP contribution is -2.56. The van der Waals surface area contributed by atoms with Gasteiger partial charge in [-0.2, -0.15) is 0 Å². The summed E-state index contributed by atoms with van der Waals surface area (Å²) in [6.07, 6.45) is 2.35. The normalized spacial score (nSPS) is 17.0. The Kier molecular flexibility index (Phi) is 6.09. The van der Waals surface area contributed by atoms with Crippen molar-refractivity contribution in [3.05, 3.63) is 53.8 Å². The molecule has 36 heavy (non-hydrogen) atoms. The third-order valence-electron chi connectivity index (χ3n) is 6.01. The lowest BCUT2D eigenvalue weighted by Gasteiger charge is -2.40. The molecule has 3 aromatic rings. The molecule has 190 valence electrons. The number of aromatic nitrogens is 3. The van der Waals surface area contributed by atoms with Gasteiger partial charge >= 0.3 is 0 Å². The van der Waals surface area contributed by atoms with Crippen molar-refractivity contribution in [2.75, 3.05) is 24.6 Å². The number of hydrogen-bond acceptors (Lipinski definition) is 7. The Hall–Kier alpha value is -3.63. The van der Waals surface area contributed by atoms with Crippen LogP contribution in [0.5, 0.6) is 5.88 Å². The highest BCUT2D eigenvalue weighted by Crippen LogP contribution is 2.38. The number of nitrogens with zero attached hydrogens (tertiary/aromatic N) is 4. The van der Waals surface area contributed by atoms with Gasteiger partial charge in [-0.05, 0) is 69.0 Å². The van der Waals surface area contributed by atoms with E-state index in [0.29, 0.717) is 29.7 Å². The zero-order valence-electron chi connectivity index (χ0n) is 19.9. The van der Waals surface area contributed by atoms with Crippen LogP contribution in [0.4, 0.5) is 18.9 Å². The van der Waals surface area contributed by atoms with Crippen LogP contribution in [0.25, 0.3) is 11.5 Å². The molecular formula is C25H26F3N5O3. The third-order valence-corrected chi connectivity index (χ3v) is 6.01. The van der Waals surface area contributed by atoms with Crippen molar-refractivity contribution in [2.45, 2.75) is 44.6 Å². The first-order chi connectivity index (χ1) is 17.1. The Morgan fingerprint density at radius 1 is 1.17 bits per heavy atom. The molecule has 1 saturated heterocycles. The number of nitrogens with one attached hydrogen (secondary N) is 1. The maximum absolute atomic E-state index is 13.4. The Labute approximate surface area is 205 Å². The number of benzene rings is 1. The Morgan fingerprint density at radius 3 is 2.56 bits per heavy atom. The Balaban J connectivity index is 1.27. The van der Waals surface area contributed by atoms with Crippen molar-refractivity contribution in [1.29, 1.82) is 0 Å². The summed E-state index contributed by atoms with van der Waals surface area (Å²) >= 11 is 0. The molecule has 5 rings (SSSR count). The Bertz CT molecular complexity index is 1250. The largest absolute Gasteiger partial charge is 0.476 e. The Morgan fingerprint density at radius 2 is 1.89 bits per heavy atom. The number of anilines is 1. The van der Waals surface area contributed by atoms with E-state index in [0.717, 1.165) is 12.8 Å². The van der Waals surface area contributed by atoms with E-state index in [2.05, 4.69) is 20.5 Å². The first-order valence-corrected chi connectivity index (χ1v) is 11.7. The molecule has 1 aliphatic heterocycles. The van der Waals surface area contributed by atoms with Crippen LogP contribution < -0.4 is 15.0 Å². The number of ether oxygens (including phenoxy) is 1. The number of rotatable bonds is 9. The summed E-state index contributed by atoms with van der Waals surface area (Å²) in [4.78, 5) is 18.9. The predicted octanol–water partition coefficient (Wildman–Crippen LogP) is 4.27. The minimum absolute atomic E-state index is 0.113. The number of carbonyl (C=O) groups is 1. The molecule has 0 unspecified atom stereocenters. The van der Waals surface area contributed by atoms with E-state index in [4.69, 9.17) is 9.15 Å². The quantitative estimate of drug-likeness (QED) is 0.468. The van der Waals surface area contributed by atoms with Gasteiger partial charge < -0.3 is 19.4 Å². The number of halogens is 3. The van der Waals surface area contributed by atoms with Crippen molar-refractivity contribution < 1.29 is 27.1 Å². The molecule has 1 amide bonds. The molecule has 0 radical (unpaired) electrons. The summed E-state index contributed by atoms with van der Waals surface area (Å²) in [5, 5.41) is 10.9. The fourth-order valence-corrected chi connectivity index (χ4v) is 3.90.